The summed E-state index contributed by atoms with van der Waals surface area (Å²) in [5, 5.41) is 2.57. The number of hydrogen-bond acceptors (Lipinski definition) is 5. The number of benzene rings is 1. The number of hydrogen-bond donors (Lipinski definition) is 2. The van der Waals surface area contributed by atoms with Crippen molar-refractivity contribution >= 4 is 17.5 Å². The average molecular weight is 271 g/mol. The van der Waals surface area contributed by atoms with E-state index in [9.17, 15) is 4.79 Å². The molecule has 0 spiro atoms. The van der Waals surface area contributed by atoms with E-state index in [1.165, 1.54) is 0 Å². The van der Waals surface area contributed by atoms with E-state index in [0.717, 1.165) is 5.56 Å². The van der Waals surface area contributed by atoms with Gasteiger partial charge in [0.1, 0.15) is 11.6 Å². The molecule has 0 atom stereocenters. The number of anilines is 2. The lowest BCUT2D eigenvalue weighted by Crippen LogP contribution is -2.33. The SMILES string of the molecule is CNC(=O)CN(C)c1cc(N)nc(-c2ccccc2)n1. The Hall–Kier alpha value is -2.63. The van der Waals surface area contributed by atoms with Crippen LogP contribution in [0.2, 0.25) is 0 Å². The van der Waals surface area contributed by atoms with Crippen LogP contribution in [0.3, 0.4) is 0 Å². The monoisotopic (exact) mass is 271 g/mol. The Balaban J connectivity index is 2.32. The third-order valence-electron chi connectivity index (χ3n) is 2.82. The first kappa shape index (κ1) is 13.8. The highest BCUT2D eigenvalue weighted by atomic mass is 16.1. The molecule has 104 valence electrons. The summed E-state index contributed by atoms with van der Waals surface area (Å²) in [6, 6.07) is 11.2. The van der Waals surface area contributed by atoms with Crippen molar-refractivity contribution in [3.8, 4) is 11.4 Å². The van der Waals surface area contributed by atoms with Crippen molar-refractivity contribution in [3.05, 3.63) is 36.4 Å². The standard InChI is InChI=1S/C14H17N5O/c1-16-13(20)9-19(2)12-8-11(15)17-14(18-12)10-6-4-3-5-7-10/h3-8H,9H2,1-2H3,(H,16,20)(H2,15,17,18). The first-order valence-corrected chi connectivity index (χ1v) is 6.22. The lowest BCUT2D eigenvalue weighted by atomic mass is 10.2. The predicted molar refractivity (Wildman–Crippen MR) is 79.2 cm³/mol. The second-order valence-electron chi connectivity index (χ2n) is 4.37. The Morgan fingerprint density at radius 1 is 1.30 bits per heavy atom. The molecular formula is C14H17N5O. The molecule has 0 saturated heterocycles. The molecule has 6 nitrogen and oxygen atoms in total. The van der Waals surface area contributed by atoms with E-state index in [0.29, 0.717) is 17.5 Å². The molecule has 20 heavy (non-hydrogen) atoms. The van der Waals surface area contributed by atoms with Gasteiger partial charge in [-0.15, -0.1) is 0 Å². The van der Waals surface area contributed by atoms with E-state index < -0.39 is 0 Å². The molecule has 0 radical (unpaired) electrons. The Bertz CT molecular complexity index is 600. The van der Waals surface area contributed by atoms with Gasteiger partial charge in [-0.3, -0.25) is 4.79 Å². The summed E-state index contributed by atoms with van der Waals surface area (Å²) >= 11 is 0. The Kier molecular flexibility index (Phi) is 4.14. The molecule has 0 fully saturated rings. The molecule has 1 aromatic heterocycles. The second kappa shape index (κ2) is 6.01. The van der Waals surface area contributed by atoms with Crippen LogP contribution in [-0.2, 0) is 4.79 Å². The molecule has 2 rings (SSSR count). The van der Waals surface area contributed by atoms with E-state index in [1.807, 2.05) is 30.3 Å². The number of nitrogens with zero attached hydrogens (tertiary/aromatic N) is 3. The lowest BCUT2D eigenvalue weighted by molar-refractivity contribution is -0.119. The summed E-state index contributed by atoms with van der Waals surface area (Å²) in [6.45, 7) is 0.210. The highest BCUT2D eigenvalue weighted by Gasteiger charge is 2.11. The van der Waals surface area contributed by atoms with Crippen molar-refractivity contribution in [1.29, 1.82) is 0 Å². The van der Waals surface area contributed by atoms with Crippen molar-refractivity contribution in [1.82, 2.24) is 15.3 Å². The smallest absolute Gasteiger partial charge is 0.239 e. The second-order valence-corrected chi connectivity index (χ2v) is 4.37. The van der Waals surface area contributed by atoms with Gasteiger partial charge in [-0.05, 0) is 0 Å². The Labute approximate surface area is 117 Å². The molecule has 0 unspecified atom stereocenters. The zero-order valence-electron chi connectivity index (χ0n) is 11.5. The summed E-state index contributed by atoms with van der Waals surface area (Å²) in [7, 11) is 3.38. The fraction of sp³-hybridized carbons (Fsp3) is 0.214. The number of nitrogens with one attached hydrogen (secondary N) is 1. The van der Waals surface area contributed by atoms with Crippen molar-refractivity contribution in [2.24, 2.45) is 0 Å². The first-order chi connectivity index (χ1) is 9.60. The average Bonchev–Trinajstić information content (AvgIpc) is 2.47. The van der Waals surface area contributed by atoms with Crippen LogP contribution in [0.25, 0.3) is 11.4 Å². The molecule has 0 saturated carbocycles. The van der Waals surface area contributed by atoms with Gasteiger partial charge >= 0.3 is 0 Å². The number of rotatable bonds is 4. The van der Waals surface area contributed by atoms with Crippen LogP contribution in [0.5, 0.6) is 0 Å². The summed E-state index contributed by atoms with van der Waals surface area (Å²) in [6.07, 6.45) is 0. The molecule has 0 aliphatic rings. The third-order valence-corrected chi connectivity index (χ3v) is 2.82. The van der Waals surface area contributed by atoms with Crippen LogP contribution in [0.1, 0.15) is 0 Å². The molecule has 3 N–H and O–H groups in total. The van der Waals surface area contributed by atoms with Crippen LogP contribution in [0, 0.1) is 0 Å². The number of nitrogens with two attached hydrogens (primary N) is 1. The van der Waals surface area contributed by atoms with Gasteiger partial charge in [0.25, 0.3) is 0 Å². The highest BCUT2D eigenvalue weighted by molar-refractivity contribution is 5.80. The minimum Gasteiger partial charge on any atom is -0.384 e. The van der Waals surface area contributed by atoms with Gasteiger partial charge in [0.2, 0.25) is 5.91 Å². The molecule has 1 amide bonds. The minimum absolute atomic E-state index is 0.0917. The van der Waals surface area contributed by atoms with Crippen LogP contribution >= 0.6 is 0 Å². The van der Waals surface area contributed by atoms with Crippen molar-refractivity contribution in [2.75, 3.05) is 31.3 Å². The molecule has 0 aliphatic carbocycles. The van der Waals surface area contributed by atoms with Crippen molar-refractivity contribution < 1.29 is 4.79 Å². The zero-order chi connectivity index (χ0) is 14.5. The fourth-order valence-electron chi connectivity index (χ4n) is 1.74. The summed E-state index contributed by atoms with van der Waals surface area (Å²) < 4.78 is 0. The normalized spacial score (nSPS) is 10.1. The van der Waals surface area contributed by atoms with E-state index in [2.05, 4.69) is 15.3 Å². The number of amides is 1. The molecule has 0 bridgehead atoms. The van der Waals surface area contributed by atoms with Gasteiger partial charge < -0.3 is 16.0 Å². The number of likely N-dealkylation sites (N-methyl/N-ethyl adjacent to an activating group) is 2. The Morgan fingerprint density at radius 2 is 2.00 bits per heavy atom. The quantitative estimate of drug-likeness (QED) is 0.863. The van der Waals surface area contributed by atoms with Gasteiger partial charge in [0, 0.05) is 25.7 Å². The van der Waals surface area contributed by atoms with E-state index in [1.54, 1.807) is 25.1 Å². The number of nitrogen functional groups attached to an aromatic ring is 1. The third kappa shape index (κ3) is 3.23. The molecule has 1 aromatic carbocycles. The number of aromatic nitrogens is 2. The summed E-state index contributed by atoms with van der Waals surface area (Å²) in [5.41, 5.74) is 6.70. The predicted octanol–water partition coefficient (Wildman–Crippen LogP) is 0.908. The van der Waals surface area contributed by atoms with Crippen molar-refractivity contribution in [3.63, 3.8) is 0 Å². The minimum atomic E-state index is -0.0917. The van der Waals surface area contributed by atoms with Crippen LogP contribution < -0.4 is 16.0 Å². The van der Waals surface area contributed by atoms with Gasteiger partial charge in [0.05, 0.1) is 6.54 Å². The van der Waals surface area contributed by atoms with Crippen LogP contribution in [0.4, 0.5) is 11.6 Å². The first-order valence-electron chi connectivity index (χ1n) is 6.22. The van der Waals surface area contributed by atoms with Gasteiger partial charge in [-0.1, -0.05) is 30.3 Å². The van der Waals surface area contributed by atoms with Crippen molar-refractivity contribution in [2.45, 2.75) is 0 Å². The van der Waals surface area contributed by atoms with Crippen LogP contribution in [-0.4, -0.2) is 36.5 Å². The maximum absolute atomic E-state index is 11.4. The number of carbonyl (C=O) groups is 1. The molecule has 2 aromatic rings. The molecule has 0 aliphatic heterocycles. The summed E-state index contributed by atoms with van der Waals surface area (Å²) in [5.74, 6) is 1.44. The molecular weight excluding hydrogens is 254 g/mol. The van der Waals surface area contributed by atoms with Gasteiger partial charge in [-0.2, -0.15) is 0 Å². The molecule has 1 heterocycles. The van der Waals surface area contributed by atoms with E-state index in [4.69, 9.17) is 5.73 Å². The zero-order valence-corrected chi connectivity index (χ0v) is 11.5. The molecule has 6 heteroatoms. The topological polar surface area (TPSA) is 84.1 Å². The lowest BCUT2D eigenvalue weighted by Gasteiger charge is -2.18. The van der Waals surface area contributed by atoms with E-state index in [-0.39, 0.29) is 12.5 Å². The fourth-order valence-corrected chi connectivity index (χ4v) is 1.74. The van der Waals surface area contributed by atoms with E-state index >= 15 is 0 Å². The summed E-state index contributed by atoms with van der Waals surface area (Å²) in [4.78, 5) is 21.8. The number of carbonyl (C=O) groups excluding carboxylic acids is 1. The van der Waals surface area contributed by atoms with Gasteiger partial charge in [-0.25, -0.2) is 9.97 Å². The highest BCUT2D eigenvalue weighted by Crippen LogP contribution is 2.20. The van der Waals surface area contributed by atoms with Gasteiger partial charge in [0.15, 0.2) is 5.82 Å². The largest absolute Gasteiger partial charge is 0.384 e. The Morgan fingerprint density at radius 3 is 2.65 bits per heavy atom. The maximum Gasteiger partial charge on any atom is 0.239 e. The van der Waals surface area contributed by atoms with Crippen LogP contribution in [0.15, 0.2) is 36.4 Å². The maximum atomic E-state index is 11.4.